The number of para-hydroxylation sites is 1. The summed E-state index contributed by atoms with van der Waals surface area (Å²) in [5.74, 6) is -0.366. The van der Waals surface area contributed by atoms with Crippen molar-refractivity contribution in [1.29, 1.82) is 0 Å². The molecule has 0 bridgehead atoms. The topological polar surface area (TPSA) is 41.6 Å². The maximum atomic E-state index is 14.5. The fraction of sp³-hybridized carbons (Fsp3) is 0.350. The van der Waals surface area contributed by atoms with E-state index >= 15 is 0 Å². The number of benzene rings is 2. The number of hydrogen-bond donors (Lipinski definition) is 1. The first-order valence-corrected chi connectivity index (χ1v) is 8.59. The van der Waals surface area contributed by atoms with Crippen LogP contribution in [0, 0.1) is 5.82 Å². The van der Waals surface area contributed by atoms with E-state index in [1.807, 2.05) is 43.4 Å². The standard InChI is InChI=1S/C20H23FN2O2/c1-23(16-6-3-2-4-7-16)19-10-9-15(12-18(19)21)14-22-20(24)13-17-8-5-11-25-17/h2-4,6-7,9-10,12,17H,5,8,11,13-14H2,1H3,(H,22,24)/t17-/m1/s1. The van der Waals surface area contributed by atoms with E-state index in [9.17, 15) is 9.18 Å². The van der Waals surface area contributed by atoms with Gasteiger partial charge >= 0.3 is 0 Å². The summed E-state index contributed by atoms with van der Waals surface area (Å²) in [7, 11) is 1.83. The molecule has 5 heteroatoms. The molecule has 0 aliphatic carbocycles. The smallest absolute Gasteiger partial charge is 0.222 e. The molecule has 1 aliphatic rings. The van der Waals surface area contributed by atoms with Crippen LogP contribution in [0.4, 0.5) is 15.8 Å². The zero-order valence-electron chi connectivity index (χ0n) is 14.4. The summed E-state index contributed by atoms with van der Waals surface area (Å²) < 4.78 is 19.9. The van der Waals surface area contributed by atoms with Gasteiger partial charge in [-0.05, 0) is 42.7 Å². The zero-order chi connectivity index (χ0) is 17.6. The summed E-state index contributed by atoms with van der Waals surface area (Å²) in [5, 5.41) is 2.83. The van der Waals surface area contributed by atoms with Gasteiger partial charge in [0.2, 0.25) is 5.91 Å². The molecule has 1 fully saturated rings. The molecule has 132 valence electrons. The summed E-state index contributed by atoms with van der Waals surface area (Å²) in [6.45, 7) is 1.05. The lowest BCUT2D eigenvalue weighted by Gasteiger charge is -2.20. The van der Waals surface area contributed by atoms with Crippen LogP contribution in [0.3, 0.4) is 0 Å². The number of halogens is 1. The minimum Gasteiger partial charge on any atom is -0.378 e. The highest BCUT2D eigenvalue weighted by Crippen LogP contribution is 2.26. The lowest BCUT2D eigenvalue weighted by molar-refractivity contribution is -0.123. The van der Waals surface area contributed by atoms with E-state index in [1.165, 1.54) is 6.07 Å². The van der Waals surface area contributed by atoms with E-state index in [-0.39, 0.29) is 17.8 Å². The molecule has 1 amide bonds. The number of rotatable bonds is 6. The van der Waals surface area contributed by atoms with E-state index in [0.717, 1.165) is 30.7 Å². The highest BCUT2D eigenvalue weighted by atomic mass is 19.1. The molecule has 2 aromatic carbocycles. The Labute approximate surface area is 147 Å². The van der Waals surface area contributed by atoms with Gasteiger partial charge in [-0.2, -0.15) is 0 Å². The maximum absolute atomic E-state index is 14.5. The fourth-order valence-electron chi connectivity index (χ4n) is 3.01. The molecule has 0 saturated carbocycles. The summed E-state index contributed by atoms with van der Waals surface area (Å²) in [4.78, 5) is 13.7. The zero-order valence-corrected chi connectivity index (χ0v) is 14.4. The average molecular weight is 342 g/mol. The van der Waals surface area contributed by atoms with Crippen molar-refractivity contribution in [2.75, 3.05) is 18.6 Å². The van der Waals surface area contributed by atoms with Crippen LogP contribution < -0.4 is 10.2 Å². The Morgan fingerprint density at radius 3 is 2.76 bits per heavy atom. The minimum atomic E-state index is -0.308. The second-order valence-electron chi connectivity index (χ2n) is 6.30. The van der Waals surface area contributed by atoms with Crippen LogP contribution in [-0.2, 0) is 16.1 Å². The Morgan fingerprint density at radius 2 is 2.08 bits per heavy atom. The normalized spacial score (nSPS) is 16.6. The van der Waals surface area contributed by atoms with Crippen LogP contribution in [0.5, 0.6) is 0 Å². The first-order valence-electron chi connectivity index (χ1n) is 8.59. The van der Waals surface area contributed by atoms with Crippen molar-refractivity contribution < 1.29 is 13.9 Å². The highest BCUT2D eigenvalue weighted by Gasteiger charge is 2.19. The number of nitrogens with zero attached hydrogens (tertiary/aromatic N) is 1. The van der Waals surface area contributed by atoms with Crippen molar-refractivity contribution in [3.05, 3.63) is 59.9 Å². The summed E-state index contributed by atoms with van der Waals surface area (Å²) in [6.07, 6.45) is 2.35. The van der Waals surface area contributed by atoms with Crippen LogP contribution in [0.1, 0.15) is 24.8 Å². The molecule has 4 nitrogen and oxygen atoms in total. The fourth-order valence-corrected chi connectivity index (χ4v) is 3.01. The molecule has 0 aromatic heterocycles. The Kier molecular flexibility index (Phi) is 5.66. The summed E-state index contributed by atoms with van der Waals surface area (Å²) in [5.41, 5.74) is 2.16. The molecule has 0 spiro atoms. The van der Waals surface area contributed by atoms with Gasteiger partial charge in [0.25, 0.3) is 0 Å². The van der Waals surface area contributed by atoms with Crippen molar-refractivity contribution in [3.8, 4) is 0 Å². The van der Waals surface area contributed by atoms with Gasteiger partial charge in [0, 0.05) is 25.9 Å². The van der Waals surface area contributed by atoms with E-state index in [1.54, 1.807) is 11.0 Å². The number of carbonyl (C=O) groups excluding carboxylic acids is 1. The first kappa shape index (κ1) is 17.4. The number of carbonyl (C=O) groups is 1. The number of nitrogens with one attached hydrogen (secondary N) is 1. The van der Waals surface area contributed by atoms with Crippen molar-refractivity contribution in [2.24, 2.45) is 0 Å². The Bertz CT molecular complexity index is 715. The van der Waals surface area contributed by atoms with Gasteiger partial charge in [-0.3, -0.25) is 4.79 Å². The molecule has 1 aliphatic heterocycles. The third kappa shape index (κ3) is 4.57. The third-order valence-electron chi connectivity index (χ3n) is 4.44. The third-order valence-corrected chi connectivity index (χ3v) is 4.44. The average Bonchev–Trinajstić information content (AvgIpc) is 3.13. The molecule has 1 N–H and O–H groups in total. The largest absolute Gasteiger partial charge is 0.378 e. The molecule has 2 aromatic rings. The van der Waals surface area contributed by atoms with Gasteiger partial charge in [0.15, 0.2) is 0 Å². The molecule has 0 radical (unpaired) electrons. The van der Waals surface area contributed by atoms with Crippen LogP contribution in [0.2, 0.25) is 0 Å². The van der Waals surface area contributed by atoms with Crippen LogP contribution >= 0.6 is 0 Å². The van der Waals surface area contributed by atoms with Crippen molar-refractivity contribution in [1.82, 2.24) is 5.32 Å². The molecule has 0 unspecified atom stereocenters. The van der Waals surface area contributed by atoms with E-state index in [4.69, 9.17) is 4.74 Å². The Balaban J connectivity index is 1.59. The first-order chi connectivity index (χ1) is 12.1. The van der Waals surface area contributed by atoms with E-state index in [0.29, 0.717) is 18.7 Å². The number of hydrogen-bond acceptors (Lipinski definition) is 3. The Morgan fingerprint density at radius 1 is 1.28 bits per heavy atom. The van der Waals surface area contributed by atoms with Gasteiger partial charge in [0.1, 0.15) is 5.82 Å². The molecule has 3 rings (SSSR count). The second kappa shape index (κ2) is 8.12. The highest BCUT2D eigenvalue weighted by molar-refractivity contribution is 5.76. The van der Waals surface area contributed by atoms with Crippen LogP contribution in [-0.4, -0.2) is 25.7 Å². The van der Waals surface area contributed by atoms with Crippen molar-refractivity contribution >= 4 is 17.3 Å². The second-order valence-corrected chi connectivity index (χ2v) is 6.30. The van der Waals surface area contributed by atoms with E-state index in [2.05, 4.69) is 5.32 Å². The predicted octanol–water partition coefficient (Wildman–Crippen LogP) is 3.78. The lowest BCUT2D eigenvalue weighted by atomic mass is 10.1. The predicted molar refractivity (Wildman–Crippen MR) is 96.3 cm³/mol. The van der Waals surface area contributed by atoms with Gasteiger partial charge in [0.05, 0.1) is 18.2 Å². The van der Waals surface area contributed by atoms with Crippen LogP contribution in [0.15, 0.2) is 48.5 Å². The SMILES string of the molecule is CN(c1ccccc1)c1ccc(CNC(=O)C[C@H]2CCCO2)cc1F. The number of amides is 1. The Hall–Kier alpha value is -2.40. The summed E-state index contributed by atoms with van der Waals surface area (Å²) in [6, 6.07) is 14.7. The van der Waals surface area contributed by atoms with Crippen molar-refractivity contribution in [3.63, 3.8) is 0 Å². The van der Waals surface area contributed by atoms with Gasteiger partial charge in [-0.25, -0.2) is 4.39 Å². The van der Waals surface area contributed by atoms with E-state index < -0.39 is 0 Å². The van der Waals surface area contributed by atoms with Gasteiger partial charge < -0.3 is 15.0 Å². The molecule has 1 saturated heterocycles. The van der Waals surface area contributed by atoms with Gasteiger partial charge in [-0.15, -0.1) is 0 Å². The minimum absolute atomic E-state index is 0.0265. The monoisotopic (exact) mass is 342 g/mol. The molecule has 1 atom stereocenters. The lowest BCUT2D eigenvalue weighted by Crippen LogP contribution is -2.26. The van der Waals surface area contributed by atoms with Gasteiger partial charge in [-0.1, -0.05) is 24.3 Å². The van der Waals surface area contributed by atoms with Crippen LogP contribution in [0.25, 0.3) is 0 Å². The van der Waals surface area contributed by atoms with Crippen molar-refractivity contribution in [2.45, 2.75) is 31.9 Å². The molecule has 25 heavy (non-hydrogen) atoms. The molecular weight excluding hydrogens is 319 g/mol. The number of ether oxygens (including phenoxy) is 1. The molecule has 1 heterocycles. The summed E-state index contributed by atoms with van der Waals surface area (Å²) >= 11 is 0. The maximum Gasteiger partial charge on any atom is 0.222 e. The quantitative estimate of drug-likeness (QED) is 0.869. The molecular formula is C20H23FN2O2. The number of anilines is 2.